The molecule has 0 fully saturated rings. The van der Waals surface area contributed by atoms with E-state index in [4.69, 9.17) is 11.6 Å². The van der Waals surface area contributed by atoms with Crippen LogP contribution in [0.5, 0.6) is 0 Å². The fourth-order valence-corrected chi connectivity index (χ4v) is 4.19. The summed E-state index contributed by atoms with van der Waals surface area (Å²) in [6.07, 6.45) is 3.63. The van der Waals surface area contributed by atoms with Gasteiger partial charge in [-0.2, -0.15) is 0 Å². The quantitative estimate of drug-likeness (QED) is 0.655. The molecule has 0 bridgehead atoms. The standard InChI is InChI=1S/C22H23ClFNO3/c1-2-3-4-7-13-25-20(19-16(23)11-8-12-17(19)24)18(22(27)28)14-9-5-6-10-15(14)21(25)26/h5-6,8-12,18,20H,2-4,7,13H2,1H3,(H,27,28)/p-1/t18-,20+/m1/s1. The first-order valence-corrected chi connectivity index (χ1v) is 9.89. The average Bonchev–Trinajstić information content (AvgIpc) is 2.66. The maximum absolute atomic E-state index is 14.8. The number of carboxylic acid groups (broad SMARTS) is 1. The van der Waals surface area contributed by atoms with Crippen molar-refractivity contribution >= 4 is 23.5 Å². The van der Waals surface area contributed by atoms with Crippen LogP contribution in [0.4, 0.5) is 4.39 Å². The van der Waals surface area contributed by atoms with Gasteiger partial charge in [-0.25, -0.2) is 4.39 Å². The van der Waals surface area contributed by atoms with Gasteiger partial charge in [-0.15, -0.1) is 0 Å². The molecule has 0 saturated carbocycles. The van der Waals surface area contributed by atoms with E-state index in [1.54, 1.807) is 24.3 Å². The number of unbranched alkanes of at least 4 members (excludes halogenated alkanes) is 3. The second kappa shape index (κ2) is 8.74. The highest BCUT2D eigenvalue weighted by Crippen LogP contribution is 2.45. The Balaban J connectivity index is 2.14. The minimum Gasteiger partial charge on any atom is -0.549 e. The van der Waals surface area contributed by atoms with Gasteiger partial charge in [0.05, 0.1) is 12.0 Å². The molecule has 6 heteroatoms. The van der Waals surface area contributed by atoms with Crippen molar-refractivity contribution in [2.75, 3.05) is 6.54 Å². The van der Waals surface area contributed by atoms with Gasteiger partial charge in [-0.1, -0.05) is 62.1 Å². The van der Waals surface area contributed by atoms with Crippen molar-refractivity contribution in [1.29, 1.82) is 0 Å². The van der Waals surface area contributed by atoms with Crippen LogP contribution in [0.1, 0.15) is 66.1 Å². The smallest absolute Gasteiger partial charge is 0.254 e. The van der Waals surface area contributed by atoms with Gasteiger partial charge in [-0.05, 0) is 30.2 Å². The zero-order chi connectivity index (χ0) is 20.3. The number of hydrogen-bond acceptors (Lipinski definition) is 3. The number of rotatable bonds is 7. The largest absolute Gasteiger partial charge is 0.549 e. The Morgan fingerprint density at radius 1 is 1.14 bits per heavy atom. The molecule has 2 atom stereocenters. The summed E-state index contributed by atoms with van der Waals surface area (Å²) in [6.45, 7) is 2.41. The second-order valence-corrected chi connectivity index (χ2v) is 7.43. The Kier molecular flexibility index (Phi) is 6.35. The molecule has 0 aliphatic carbocycles. The third kappa shape index (κ3) is 3.76. The van der Waals surface area contributed by atoms with E-state index in [9.17, 15) is 19.1 Å². The maximum atomic E-state index is 14.8. The predicted molar refractivity (Wildman–Crippen MR) is 104 cm³/mol. The van der Waals surface area contributed by atoms with Gasteiger partial charge >= 0.3 is 0 Å². The lowest BCUT2D eigenvalue weighted by Gasteiger charge is -2.43. The second-order valence-electron chi connectivity index (χ2n) is 7.02. The molecule has 148 valence electrons. The third-order valence-electron chi connectivity index (χ3n) is 5.24. The average molecular weight is 403 g/mol. The number of hydrogen-bond donors (Lipinski definition) is 0. The number of fused-ring (bicyclic) bond motifs is 1. The summed E-state index contributed by atoms with van der Waals surface area (Å²) in [4.78, 5) is 26.8. The molecule has 1 aliphatic heterocycles. The monoisotopic (exact) mass is 402 g/mol. The lowest BCUT2D eigenvalue weighted by molar-refractivity contribution is -0.309. The molecular formula is C22H22ClFNO3-. The summed E-state index contributed by atoms with van der Waals surface area (Å²) in [5, 5.41) is 12.2. The Hall–Kier alpha value is -2.40. The van der Waals surface area contributed by atoms with Crippen molar-refractivity contribution in [2.24, 2.45) is 0 Å². The van der Waals surface area contributed by atoms with Crippen LogP contribution in [0.25, 0.3) is 0 Å². The van der Waals surface area contributed by atoms with Crippen LogP contribution in [0.3, 0.4) is 0 Å². The Labute approximate surface area is 168 Å². The van der Waals surface area contributed by atoms with Gasteiger partial charge < -0.3 is 14.8 Å². The van der Waals surface area contributed by atoms with Crippen molar-refractivity contribution in [1.82, 2.24) is 4.90 Å². The molecule has 3 rings (SSSR count). The molecule has 1 heterocycles. The van der Waals surface area contributed by atoms with Gasteiger partial charge in [0, 0.05) is 28.6 Å². The molecule has 0 spiro atoms. The number of carboxylic acids is 1. The molecule has 4 nitrogen and oxygen atoms in total. The molecule has 1 aliphatic rings. The van der Waals surface area contributed by atoms with E-state index < -0.39 is 23.7 Å². The fourth-order valence-electron chi connectivity index (χ4n) is 3.92. The zero-order valence-corrected chi connectivity index (χ0v) is 16.4. The maximum Gasteiger partial charge on any atom is 0.254 e. The molecule has 0 unspecified atom stereocenters. The number of carbonyl (C=O) groups is 2. The number of halogens is 2. The Bertz CT molecular complexity index is 866. The van der Waals surface area contributed by atoms with E-state index in [0.29, 0.717) is 24.1 Å². The van der Waals surface area contributed by atoms with Crippen LogP contribution < -0.4 is 5.11 Å². The molecule has 2 aromatic rings. The van der Waals surface area contributed by atoms with Crippen molar-refractivity contribution < 1.29 is 19.1 Å². The van der Waals surface area contributed by atoms with Crippen molar-refractivity contribution in [3.05, 3.63) is 70.0 Å². The van der Waals surface area contributed by atoms with Gasteiger partial charge in [0.2, 0.25) is 0 Å². The minimum atomic E-state index is -1.36. The molecule has 0 saturated heterocycles. The zero-order valence-electron chi connectivity index (χ0n) is 15.7. The summed E-state index contributed by atoms with van der Waals surface area (Å²) in [5.74, 6) is -3.50. The summed E-state index contributed by atoms with van der Waals surface area (Å²) >= 11 is 6.27. The molecule has 2 aromatic carbocycles. The van der Waals surface area contributed by atoms with E-state index in [1.165, 1.54) is 23.1 Å². The normalized spacial score (nSPS) is 18.8. The topological polar surface area (TPSA) is 60.4 Å². The molecule has 28 heavy (non-hydrogen) atoms. The van der Waals surface area contributed by atoms with Crippen LogP contribution in [0.2, 0.25) is 5.02 Å². The van der Waals surface area contributed by atoms with Crippen LogP contribution in [-0.2, 0) is 4.79 Å². The summed E-state index contributed by atoms with van der Waals surface area (Å²) in [5.41, 5.74) is 0.675. The van der Waals surface area contributed by atoms with Gasteiger partial charge in [0.25, 0.3) is 5.91 Å². The highest BCUT2D eigenvalue weighted by atomic mass is 35.5. The van der Waals surface area contributed by atoms with E-state index >= 15 is 0 Å². The highest BCUT2D eigenvalue weighted by molar-refractivity contribution is 6.31. The molecule has 1 amide bonds. The lowest BCUT2D eigenvalue weighted by atomic mass is 9.79. The Morgan fingerprint density at radius 3 is 2.57 bits per heavy atom. The number of amides is 1. The SMILES string of the molecule is CCCCCCN1C(=O)c2ccccc2[C@@H](C(=O)[O-])[C@H]1c1c(F)cccc1Cl. The van der Waals surface area contributed by atoms with Crippen LogP contribution in [-0.4, -0.2) is 23.3 Å². The number of nitrogens with zero attached hydrogens (tertiary/aromatic N) is 1. The fraction of sp³-hybridized carbons (Fsp3) is 0.364. The number of benzene rings is 2. The summed E-state index contributed by atoms with van der Waals surface area (Å²) in [6, 6.07) is 9.69. The first kappa shape index (κ1) is 20.3. The summed E-state index contributed by atoms with van der Waals surface area (Å²) < 4.78 is 14.8. The Morgan fingerprint density at radius 2 is 1.89 bits per heavy atom. The van der Waals surface area contributed by atoms with Crippen LogP contribution >= 0.6 is 11.6 Å². The van der Waals surface area contributed by atoms with E-state index in [-0.39, 0.29) is 16.5 Å². The van der Waals surface area contributed by atoms with Crippen molar-refractivity contribution in [2.45, 2.75) is 44.6 Å². The van der Waals surface area contributed by atoms with E-state index in [1.807, 2.05) is 0 Å². The van der Waals surface area contributed by atoms with Crippen molar-refractivity contribution in [3.8, 4) is 0 Å². The minimum absolute atomic E-state index is 0.0247. The number of aliphatic carboxylic acids is 1. The molecule has 0 aromatic heterocycles. The number of carbonyl (C=O) groups excluding carboxylic acids is 2. The summed E-state index contributed by atoms with van der Waals surface area (Å²) in [7, 11) is 0. The lowest BCUT2D eigenvalue weighted by Crippen LogP contribution is -2.48. The van der Waals surface area contributed by atoms with Crippen LogP contribution in [0, 0.1) is 5.82 Å². The van der Waals surface area contributed by atoms with E-state index in [2.05, 4.69) is 6.92 Å². The first-order valence-electron chi connectivity index (χ1n) is 9.52. The first-order chi connectivity index (χ1) is 13.5. The molecular weight excluding hydrogens is 381 g/mol. The molecule has 0 radical (unpaired) electrons. The predicted octanol–water partition coefficient (Wildman–Crippen LogP) is 4.09. The van der Waals surface area contributed by atoms with E-state index in [0.717, 1.165) is 19.3 Å². The van der Waals surface area contributed by atoms with Crippen LogP contribution in [0.15, 0.2) is 42.5 Å². The van der Waals surface area contributed by atoms with Gasteiger partial charge in [-0.3, -0.25) is 4.79 Å². The third-order valence-corrected chi connectivity index (χ3v) is 5.57. The van der Waals surface area contributed by atoms with Gasteiger partial charge in [0.15, 0.2) is 0 Å². The van der Waals surface area contributed by atoms with Gasteiger partial charge in [0.1, 0.15) is 5.82 Å². The highest BCUT2D eigenvalue weighted by Gasteiger charge is 2.42. The molecule has 0 N–H and O–H groups in total. The van der Waals surface area contributed by atoms with Crippen molar-refractivity contribution in [3.63, 3.8) is 0 Å².